The maximum absolute atomic E-state index is 10.4. The van der Waals surface area contributed by atoms with E-state index < -0.39 is 6.10 Å². The minimum Gasteiger partial charge on any atom is -0.396 e. The number of nitrogens with two attached hydrogens (primary N) is 1. The molecule has 0 amide bonds. The quantitative estimate of drug-likeness (QED) is 0.718. The summed E-state index contributed by atoms with van der Waals surface area (Å²) in [6.45, 7) is 6.12. The van der Waals surface area contributed by atoms with Crippen molar-refractivity contribution < 1.29 is 10.2 Å². The molecule has 21 heavy (non-hydrogen) atoms. The van der Waals surface area contributed by atoms with Crippen molar-refractivity contribution in [2.45, 2.75) is 58.2 Å². The molecule has 6 heteroatoms. The fourth-order valence-electron chi connectivity index (χ4n) is 3.19. The van der Waals surface area contributed by atoms with Crippen molar-refractivity contribution in [1.29, 1.82) is 0 Å². The second kappa shape index (κ2) is 7.24. The van der Waals surface area contributed by atoms with Gasteiger partial charge in [0.1, 0.15) is 0 Å². The third kappa shape index (κ3) is 3.96. The molecule has 0 aromatic carbocycles. The van der Waals surface area contributed by atoms with Gasteiger partial charge in [-0.1, -0.05) is 6.42 Å². The molecule has 1 saturated heterocycles. The van der Waals surface area contributed by atoms with E-state index in [2.05, 4.69) is 10.00 Å². The highest BCUT2D eigenvalue weighted by Gasteiger charge is 2.24. The first kappa shape index (κ1) is 16.3. The van der Waals surface area contributed by atoms with Crippen molar-refractivity contribution in [3.8, 4) is 0 Å². The van der Waals surface area contributed by atoms with Gasteiger partial charge >= 0.3 is 0 Å². The Morgan fingerprint density at radius 2 is 2.10 bits per heavy atom. The zero-order valence-electron chi connectivity index (χ0n) is 13.1. The number of piperidine rings is 1. The van der Waals surface area contributed by atoms with E-state index in [1.165, 1.54) is 12.8 Å². The van der Waals surface area contributed by atoms with E-state index in [0.717, 1.165) is 30.8 Å². The fourth-order valence-corrected chi connectivity index (χ4v) is 3.19. The van der Waals surface area contributed by atoms with Gasteiger partial charge < -0.3 is 15.9 Å². The van der Waals surface area contributed by atoms with Gasteiger partial charge in [0.2, 0.25) is 0 Å². The number of hydrogen-bond donors (Lipinski definition) is 3. The molecule has 0 bridgehead atoms. The lowest BCUT2D eigenvalue weighted by molar-refractivity contribution is 0.0472. The van der Waals surface area contributed by atoms with E-state index in [0.29, 0.717) is 24.8 Å². The van der Waals surface area contributed by atoms with Gasteiger partial charge in [-0.2, -0.15) is 5.10 Å². The summed E-state index contributed by atoms with van der Waals surface area (Å²) < 4.78 is 1.79. The van der Waals surface area contributed by atoms with Gasteiger partial charge in [0.25, 0.3) is 0 Å². The Balaban J connectivity index is 1.93. The van der Waals surface area contributed by atoms with Gasteiger partial charge in [-0.15, -0.1) is 0 Å². The Hall–Kier alpha value is -1.11. The lowest BCUT2D eigenvalue weighted by Gasteiger charge is -2.36. The molecule has 0 radical (unpaired) electrons. The lowest BCUT2D eigenvalue weighted by atomic mass is 9.99. The number of rotatable bonds is 6. The first-order valence-corrected chi connectivity index (χ1v) is 7.85. The first-order chi connectivity index (χ1) is 10.0. The molecule has 2 atom stereocenters. The van der Waals surface area contributed by atoms with Gasteiger partial charge in [-0.25, -0.2) is 0 Å². The number of anilines is 1. The van der Waals surface area contributed by atoms with Crippen LogP contribution in [0.2, 0.25) is 0 Å². The summed E-state index contributed by atoms with van der Waals surface area (Å²) in [5.41, 5.74) is 8.36. The second-order valence-electron chi connectivity index (χ2n) is 6.08. The summed E-state index contributed by atoms with van der Waals surface area (Å²) in [7, 11) is 0. The summed E-state index contributed by atoms with van der Waals surface area (Å²) in [6.07, 6.45) is 3.81. The van der Waals surface area contributed by atoms with Crippen molar-refractivity contribution in [2.75, 3.05) is 25.4 Å². The van der Waals surface area contributed by atoms with Crippen LogP contribution in [-0.2, 0) is 6.54 Å². The molecule has 1 aliphatic heterocycles. The molecule has 1 fully saturated rings. The van der Waals surface area contributed by atoms with Gasteiger partial charge in [0.15, 0.2) is 0 Å². The van der Waals surface area contributed by atoms with Gasteiger partial charge in [-0.05, 0) is 39.7 Å². The van der Waals surface area contributed by atoms with Crippen LogP contribution in [0.1, 0.15) is 37.1 Å². The summed E-state index contributed by atoms with van der Waals surface area (Å²) in [5.74, 6) is 0. The number of nitrogen functional groups attached to an aromatic ring is 1. The number of hydrogen-bond acceptors (Lipinski definition) is 5. The molecule has 2 rings (SSSR count). The third-order valence-electron chi connectivity index (χ3n) is 4.48. The fraction of sp³-hybridized carbons (Fsp3) is 0.800. The molecule has 4 N–H and O–H groups in total. The van der Waals surface area contributed by atoms with E-state index in [1.54, 1.807) is 4.68 Å². The molecule has 0 saturated carbocycles. The van der Waals surface area contributed by atoms with Crippen LogP contribution in [0, 0.1) is 13.8 Å². The number of aryl methyl sites for hydroxylation is 1. The standard InChI is InChI=1S/C15H28N4O2/c1-11-15(16)12(2)19(17-11)10-14(21)9-18-7-4-3-5-13(18)6-8-20/h13-14,20-21H,3-10,16H2,1-2H3. The van der Waals surface area contributed by atoms with Crippen molar-refractivity contribution in [3.63, 3.8) is 0 Å². The van der Waals surface area contributed by atoms with E-state index in [1.807, 2.05) is 13.8 Å². The Bertz CT molecular complexity index is 459. The molecule has 1 aromatic heterocycles. The van der Waals surface area contributed by atoms with Crippen LogP contribution in [0.25, 0.3) is 0 Å². The first-order valence-electron chi connectivity index (χ1n) is 7.85. The van der Waals surface area contributed by atoms with Crippen LogP contribution in [0.15, 0.2) is 0 Å². The molecule has 0 aliphatic carbocycles. The average molecular weight is 296 g/mol. The Kier molecular flexibility index (Phi) is 5.61. The van der Waals surface area contributed by atoms with Crippen molar-refractivity contribution >= 4 is 5.69 Å². The maximum Gasteiger partial charge on any atom is 0.0862 e. The maximum atomic E-state index is 10.4. The zero-order chi connectivity index (χ0) is 15.4. The van der Waals surface area contributed by atoms with Gasteiger partial charge in [0, 0.05) is 19.2 Å². The average Bonchev–Trinajstić information content (AvgIpc) is 2.69. The van der Waals surface area contributed by atoms with Crippen molar-refractivity contribution in [2.24, 2.45) is 0 Å². The number of nitrogens with zero attached hydrogens (tertiary/aromatic N) is 3. The Morgan fingerprint density at radius 3 is 2.71 bits per heavy atom. The SMILES string of the molecule is Cc1nn(CC(O)CN2CCCCC2CCO)c(C)c1N. The van der Waals surface area contributed by atoms with Crippen LogP contribution < -0.4 is 5.73 Å². The van der Waals surface area contributed by atoms with Crippen molar-refractivity contribution in [3.05, 3.63) is 11.4 Å². The Labute approximate surface area is 126 Å². The van der Waals surface area contributed by atoms with E-state index in [-0.39, 0.29) is 6.61 Å². The van der Waals surface area contributed by atoms with Crippen LogP contribution in [0.3, 0.4) is 0 Å². The highest BCUT2D eigenvalue weighted by atomic mass is 16.3. The molecule has 0 spiro atoms. The normalized spacial score (nSPS) is 21.6. The molecule has 120 valence electrons. The molecule has 2 unspecified atom stereocenters. The van der Waals surface area contributed by atoms with Crippen molar-refractivity contribution in [1.82, 2.24) is 14.7 Å². The summed E-state index contributed by atoms with van der Waals surface area (Å²) in [6, 6.07) is 0.393. The number of aliphatic hydroxyl groups is 2. The largest absolute Gasteiger partial charge is 0.396 e. The molecular formula is C15H28N4O2. The predicted molar refractivity (Wildman–Crippen MR) is 83.0 cm³/mol. The van der Waals surface area contributed by atoms with Crippen LogP contribution >= 0.6 is 0 Å². The topological polar surface area (TPSA) is 87.5 Å². The van der Waals surface area contributed by atoms with Crippen LogP contribution in [-0.4, -0.2) is 56.7 Å². The minimum absolute atomic E-state index is 0.214. The summed E-state index contributed by atoms with van der Waals surface area (Å²) in [4.78, 5) is 2.30. The second-order valence-corrected chi connectivity index (χ2v) is 6.08. The third-order valence-corrected chi connectivity index (χ3v) is 4.48. The molecule has 6 nitrogen and oxygen atoms in total. The zero-order valence-corrected chi connectivity index (χ0v) is 13.1. The Morgan fingerprint density at radius 1 is 1.33 bits per heavy atom. The number of aliphatic hydroxyl groups excluding tert-OH is 2. The van der Waals surface area contributed by atoms with Gasteiger partial charge in [0.05, 0.1) is 29.7 Å². The monoisotopic (exact) mass is 296 g/mol. The predicted octanol–water partition coefficient (Wildman–Crippen LogP) is 0.680. The number of likely N-dealkylation sites (tertiary alicyclic amines) is 1. The number of aromatic nitrogens is 2. The molecular weight excluding hydrogens is 268 g/mol. The summed E-state index contributed by atoms with van der Waals surface area (Å²) >= 11 is 0. The molecule has 2 heterocycles. The highest BCUT2D eigenvalue weighted by Crippen LogP contribution is 2.20. The van der Waals surface area contributed by atoms with E-state index in [9.17, 15) is 5.11 Å². The molecule has 1 aromatic rings. The molecule has 1 aliphatic rings. The van der Waals surface area contributed by atoms with E-state index >= 15 is 0 Å². The number of β-amino-alcohol motifs (C(OH)–C–C–N with tert-alkyl or cyclic N) is 1. The summed E-state index contributed by atoms with van der Waals surface area (Å²) in [5, 5.41) is 23.9. The van der Waals surface area contributed by atoms with E-state index in [4.69, 9.17) is 10.8 Å². The van der Waals surface area contributed by atoms with Gasteiger partial charge in [-0.3, -0.25) is 9.58 Å². The minimum atomic E-state index is -0.471. The lowest BCUT2D eigenvalue weighted by Crippen LogP contribution is -2.45. The van der Waals surface area contributed by atoms with Crippen LogP contribution in [0.5, 0.6) is 0 Å². The highest BCUT2D eigenvalue weighted by molar-refractivity contribution is 5.46. The smallest absolute Gasteiger partial charge is 0.0862 e. The van der Waals surface area contributed by atoms with Crippen LogP contribution in [0.4, 0.5) is 5.69 Å².